The molecule has 0 unspecified atom stereocenters. The largest absolute Gasteiger partial charge is 0.456 e. The summed E-state index contributed by atoms with van der Waals surface area (Å²) < 4.78 is 15.9. The zero-order chi connectivity index (χ0) is 19.9. The molecule has 7 heteroatoms. The van der Waals surface area contributed by atoms with E-state index in [2.05, 4.69) is 10.5 Å². The molecule has 0 spiro atoms. The van der Waals surface area contributed by atoms with Crippen LogP contribution in [0, 0.1) is 0 Å². The van der Waals surface area contributed by atoms with Gasteiger partial charge in [-0.1, -0.05) is 49.3 Å². The van der Waals surface area contributed by atoms with E-state index >= 15 is 0 Å². The van der Waals surface area contributed by atoms with E-state index < -0.39 is 18.5 Å². The molecule has 3 aromatic rings. The number of esters is 1. The van der Waals surface area contributed by atoms with Crippen molar-refractivity contribution in [3.05, 3.63) is 71.9 Å². The minimum Gasteiger partial charge on any atom is -0.456 e. The van der Waals surface area contributed by atoms with Crippen LogP contribution in [0.3, 0.4) is 0 Å². The Morgan fingerprint density at radius 2 is 1.79 bits per heavy atom. The molecule has 1 aromatic heterocycles. The molecule has 0 saturated carbocycles. The second-order valence-electron chi connectivity index (χ2n) is 6.31. The Morgan fingerprint density at radius 3 is 2.50 bits per heavy atom. The van der Waals surface area contributed by atoms with Crippen LogP contribution in [0.1, 0.15) is 35.8 Å². The third-order valence-electron chi connectivity index (χ3n) is 3.79. The van der Waals surface area contributed by atoms with Crippen molar-refractivity contribution in [2.45, 2.75) is 19.8 Å². The number of anilines is 1. The van der Waals surface area contributed by atoms with Gasteiger partial charge < -0.3 is 14.0 Å². The van der Waals surface area contributed by atoms with Crippen LogP contribution >= 0.6 is 0 Å². The van der Waals surface area contributed by atoms with Gasteiger partial charge in [0.2, 0.25) is 5.88 Å². The molecule has 0 aliphatic rings. The highest BCUT2D eigenvalue weighted by molar-refractivity contribution is 5.96. The first-order valence-corrected chi connectivity index (χ1v) is 8.78. The summed E-state index contributed by atoms with van der Waals surface area (Å²) in [5.41, 5.74) is 0.945. The number of para-hydroxylation sites is 2. The molecule has 0 atom stereocenters. The normalized spacial score (nSPS) is 10.5. The van der Waals surface area contributed by atoms with E-state index in [1.54, 1.807) is 42.5 Å². The monoisotopic (exact) mass is 380 g/mol. The highest BCUT2D eigenvalue weighted by Crippen LogP contribution is 2.25. The van der Waals surface area contributed by atoms with Crippen molar-refractivity contribution in [2.24, 2.45) is 0 Å². The van der Waals surface area contributed by atoms with Crippen molar-refractivity contribution in [3.63, 3.8) is 0 Å². The zero-order valence-corrected chi connectivity index (χ0v) is 15.5. The van der Waals surface area contributed by atoms with Crippen LogP contribution in [0.4, 0.5) is 5.88 Å². The van der Waals surface area contributed by atoms with E-state index in [1.165, 1.54) is 0 Å². The lowest BCUT2D eigenvalue weighted by Crippen LogP contribution is -2.20. The predicted octanol–water partition coefficient (Wildman–Crippen LogP) is 4.39. The summed E-state index contributed by atoms with van der Waals surface area (Å²) in [6.07, 6.45) is 0. The highest BCUT2D eigenvalue weighted by Gasteiger charge is 2.17. The number of amides is 1. The second kappa shape index (κ2) is 8.85. The lowest BCUT2D eigenvalue weighted by atomic mass is 10.1. The van der Waals surface area contributed by atoms with Crippen LogP contribution in [0.15, 0.2) is 65.2 Å². The second-order valence-corrected chi connectivity index (χ2v) is 6.31. The van der Waals surface area contributed by atoms with Crippen LogP contribution in [0.5, 0.6) is 11.5 Å². The summed E-state index contributed by atoms with van der Waals surface area (Å²) in [6, 6.07) is 17.4. The van der Waals surface area contributed by atoms with Gasteiger partial charge in [0, 0.05) is 6.07 Å². The van der Waals surface area contributed by atoms with Gasteiger partial charge in [-0.15, -0.1) is 0 Å². The molecule has 0 aliphatic heterocycles. The maximum absolute atomic E-state index is 12.4. The number of ether oxygens (including phenoxy) is 2. The minimum atomic E-state index is -0.665. The van der Waals surface area contributed by atoms with Crippen molar-refractivity contribution in [2.75, 3.05) is 11.9 Å². The first-order valence-electron chi connectivity index (χ1n) is 8.78. The summed E-state index contributed by atoms with van der Waals surface area (Å²) in [6.45, 7) is 3.45. The van der Waals surface area contributed by atoms with E-state index in [0.717, 1.165) is 5.69 Å². The van der Waals surface area contributed by atoms with Gasteiger partial charge in [-0.3, -0.25) is 10.1 Å². The van der Waals surface area contributed by atoms with E-state index in [4.69, 9.17) is 14.0 Å². The van der Waals surface area contributed by atoms with Gasteiger partial charge in [0.15, 0.2) is 6.61 Å². The molecular weight excluding hydrogens is 360 g/mol. The Kier molecular flexibility index (Phi) is 6.06. The number of hydrogen-bond donors (Lipinski definition) is 1. The molecule has 0 fully saturated rings. The molecule has 1 amide bonds. The number of carbonyl (C=O) groups excluding carboxylic acids is 2. The number of aromatic nitrogens is 1. The molecule has 1 heterocycles. The summed E-state index contributed by atoms with van der Waals surface area (Å²) in [5, 5.41) is 6.35. The fraction of sp³-hybridized carbons (Fsp3) is 0.190. The number of rotatable bonds is 7. The Morgan fingerprint density at radius 1 is 1.07 bits per heavy atom. The fourth-order valence-corrected chi connectivity index (χ4v) is 2.34. The first kappa shape index (κ1) is 19.2. The molecule has 0 saturated heterocycles. The molecule has 144 valence electrons. The quantitative estimate of drug-likeness (QED) is 0.612. The molecule has 0 radical (unpaired) electrons. The Hall–Kier alpha value is -3.61. The Labute approximate surface area is 162 Å². The number of nitrogens with zero attached hydrogens (tertiary/aromatic N) is 1. The lowest BCUT2D eigenvalue weighted by molar-refractivity contribution is -0.119. The van der Waals surface area contributed by atoms with Gasteiger partial charge in [-0.25, -0.2) is 4.79 Å². The predicted molar refractivity (Wildman–Crippen MR) is 102 cm³/mol. The minimum absolute atomic E-state index is 0.174. The highest BCUT2D eigenvalue weighted by atomic mass is 16.5. The van der Waals surface area contributed by atoms with Crippen molar-refractivity contribution in [3.8, 4) is 11.5 Å². The van der Waals surface area contributed by atoms with Crippen molar-refractivity contribution < 1.29 is 23.6 Å². The maximum atomic E-state index is 12.4. The van der Waals surface area contributed by atoms with E-state index in [-0.39, 0.29) is 17.4 Å². The third kappa shape index (κ3) is 4.97. The summed E-state index contributed by atoms with van der Waals surface area (Å²) in [5.74, 6) is 0.122. The number of carbonyl (C=O) groups is 2. The average molecular weight is 380 g/mol. The van der Waals surface area contributed by atoms with E-state index in [9.17, 15) is 9.59 Å². The van der Waals surface area contributed by atoms with E-state index in [1.807, 2.05) is 32.0 Å². The maximum Gasteiger partial charge on any atom is 0.342 e. The Bertz CT molecular complexity index is 950. The van der Waals surface area contributed by atoms with Crippen molar-refractivity contribution in [1.82, 2.24) is 5.16 Å². The number of nitrogens with one attached hydrogen (secondary N) is 1. The molecule has 0 aliphatic carbocycles. The van der Waals surface area contributed by atoms with Gasteiger partial charge >= 0.3 is 5.97 Å². The zero-order valence-electron chi connectivity index (χ0n) is 15.5. The fourth-order valence-electron chi connectivity index (χ4n) is 2.34. The molecular formula is C21H20N2O5. The molecule has 7 nitrogen and oxygen atoms in total. The molecule has 3 rings (SSSR count). The van der Waals surface area contributed by atoms with Crippen LogP contribution in [-0.4, -0.2) is 23.6 Å². The molecule has 2 aromatic carbocycles. The SMILES string of the molecule is CC(C)c1cc(NC(=O)COC(=O)c2ccccc2Oc2ccccc2)on1. The summed E-state index contributed by atoms with van der Waals surface area (Å²) >= 11 is 0. The van der Waals surface area contributed by atoms with Gasteiger partial charge in [0.25, 0.3) is 5.91 Å². The van der Waals surface area contributed by atoms with E-state index in [0.29, 0.717) is 11.5 Å². The Balaban J connectivity index is 1.59. The smallest absolute Gasteiger partial charge is 0.342 e. The topological polar surface area (TPSA) is 90.7 Å². The summed E-state index contributed by atoms with van der Waals surface area (Å²) in [7, 11) is 0. The van der Waals surface area contributed by atoms with Gasteiger partial charge in [0.05, 0.1) is 5.69 Å². The number of benzene rings is 2. The third-order valence-corrected chi connectivity index (χ3v) is 3.79. The van der Waals surface area contributed by atoms with Gasteiger partial charge in [0.1, 0.15) is 17.1 Å². The lowest BCUT2D eigenvalue weighted by Gasteiger charge is -2.10. The van der Waals surface area contributed by atoms with Gasteiger partial charge in [-0.05, 0) is 30.2 Å². The average Bonchev–Trinajstić information content (AvgIpc) is 3.16. The van der Waals surface area contributed by atoms with Crippen LogP contribution in [0.25, 0.3) is 0 Å². The van der Waals surface area contributed by atoms with Crippen LogP contribution in [0.2, 0.25) is 0 Å². The molecule has 28 heavy (non-hydrogen) atoms. The van der Waals surface area contributed by atoms with Crippen molar-refractivity contribution in [1.29, 1.82) is 0 Å². The molecule has 0 bridgehead atoms. The van der Waals surface area contributed by atoms with Crippen LogP contribution < -0.4 is 10.1 Å². The number of hydrogen-bond acceptors (Lipinski definition) is 6. The first-order chi connectivity index (χ1) is 13.5. The van der Waals surface area contributed by atoms with Crippen LogP contribution in [-0.2, 0) is 9.53 Å². The standard InChI is InChI=1S/C21H20N2O5/c1-14(2)17-12-20(28-23-17)22-19(24)13-26-21(25)16-10-6-7-11-18(16)27-15-8-4-3-5-9-15/h3-12,14H,13H2,1-2H3,(H,22,24). The van der Waals surface area contributed by atoms with Gasteiger partial charge in [-0.2, -0.15) is 0 Å². The molecule has 1 N–H and O–H groups in total. The summed E-state index contributed by atoms with van der Waals surface area (Å²) in [4.78, 5) is 24.4. The van der Waals surface area contributed by atoms with Crippen molar-refractivity contribution >= 4 is 17.8 Å².